The average Bonchev–Trinajstić information content (AvgIpc) is 3.56. The molecule has 0 radical (unpaired) electrons. The normalized spacial score (nSPS) is 14.2. The number of aromatic nitrogens is 1. The fourth-order valence-corrected chi connectivity index (χ4v) is 3.25. The predicted octanol–water partition coefficient (Wildman–Crippen LogP) is 5.63. The van der Waals surface area contributed by atoms with Gasteiger partial charge in [0, 0.05) is 18.4 Å². The van der Waals surface area contributed by atoms with Crippen molar-refractivity contribution in [2.75, 3.05) is 5.32 Å². The van der Waals surface area contributed by atoms with Gasteiger partial charge in [0.25, 0.3) is 0 Å². The quantitative estimate of drug-likeness (QED) is 0.609. The molecular weight excluding hydrogens is 350 g/mol. The number of hydrogen-bond donors (Lipinski definition) is 1. The number of pyridine rings is 1. The number of benzene rings is 2. The zero-order valence-corrected chi connectivity index (χ0v) is 15.8. The minimum atomic E-state index is -0.122. The van der Waals surface area contributed by atoms with Gasteiger partial charge in [-0.1, -0.05) is 36.4 Å². The standard InChI is InChI=1S/C23H23N3O2/c1-17(18-8-7-15-24-16-18)26(19-13-14-19)23(27)25-21-11-5-6-12-22(21)28-20-9-3-2-4-10-20/h2-12,15-17,19H,13-14H2,1H3,(H,25,27). The van der Waals surface area contributed by atoms with Gasteiger partial charge in [-0.05, 0) is 55.7 Å². The lowest BCUT2D eigenvalue weighted by molar-refractivity contribution is 0.188. The van der Waals surface area contributed by atoms with Crippen LogP contribution in [0.2, 0.25) is 0 Å². The van der Waals surface area contributed by atoms with E-state index >= 15 is 0 Å². The van der Waals surface area contributed by atoms with E-state index in [1.54, 1.807) is 6.20 Å². The van der Waals surface area contributed by atoms with Crippen LogP contribution in [0.5, 0.6) is 11.5 Å². The highest BCUT2D eigenvalue weighted by molar-refractivity contribution is 5.91. The number of rotatable bonds is 6. The first kappa shape index (κ1) is 18.0. The second-order valence-corrected chi connectivity index (χ2v) is 6.94. The number of carbonyl (C=O) groups excluding carboxylic acids is 1. The number of para-hydroxylation sites is 3. The maximum Gasteiger partial charge on any atom is 0.322 e. The minimum absolute atomic E-state index is 0.0524. The van der Waals surface area contributed by atoms with Gasteiger partial charge < -0.3 is 15.0 Å². The summed E-state index contributed by atoms with van der Waals surface area (Å²) in [5.41, 5.74) is 1.68. The molecule has 2 amide bonds. The molecule has 1 saturated carbocycles. The third-order valence-electron chi connectivity index (χ3n) is 4.86. The van der Waals surface area contributed by atoms with Crippen LogP contribution in [0, 0.1) is 0 Å². The van der Waals surface area contributed by atoms with Gasteiger partial charge >= 0.3 is 6.03 Å². The highest BCUT2D eigenvalue weighted by Gasteiger charge is 2.36. The molecule has 0 bridgehead atoms. The Morgan fingerprint density at radius 3 is 2.54 bits per heavy atom. The average molecular weight is 373 g/mol. The molecule has 1 fully saturated rings. The van der Waals surface area contributed by atoms with Crippen LogP contribution in [-0.4, -0.2) is 22.0 Å². The second kappa shape index (κ2) is 8.13. The first-order chi connectivity index (χ1) is 13.7. The number of nitrogens with one attached hydrogen (secondary N) is 1. The maximum absolute atomic E-state index is 13.2. The van der Waals surface area contributed by atoms with Crippen molar-refractivity contribution in [3.8, 4) is 11.5 Å². The van der Waals surface area contributed by atoms with Crippen LogP contribution in [0.4, 0.5) is 10.5 Å². The summed E-state index contributed by atoms with van der Waals surface area (Å²) in [5.74, 6) is 1.35. The first-order valence-electron chi connectivity index (χ1n) is 9.53. The van der Waals surface area contributed by atoms with Crippen molar-refractivity contribution in [1.82, 2.24) is 9.88 Å². The fourth-order valence-electron chi connectivity index (χ4n) is 3.25. The van der Waals surface area contributed by atoms with Crippen molar-refractivity contribution >= 4 is 11.7 Å². The van der Waals surface area contributed by atoms with E-state index in [0.717, 1.165) is 24.2 Å². The van der Waals surface area contributed by atoms with E-state index in [1.165, 1.54) is 0 Å². The summed E-state index contributed by atoms with van der Waals surface area (Å²) in [6.45, 7) is 2.04. The van der Waals surface area contributed by atoms with E-state index in [1.807, 2.05) is 84.8 Å². The summed E-state index contributed by atoms with van der Waals surface area (Å²) < 4.78 is 5.97. The van der Waals surface area contributed by atoms with Crippen LogP contribution < -0.4 is 10.1 Å². The summed E-state index contributed by atoms with van der Waals surface area (Å²) in [4.78, 5) is 19.3. The fraction of sp³-hybridized carbons (Fsp3) is 0.217. The largest absolute Gasteiger partial charge is 0.455 e. The highest BCUT2D eigenvalue weighted by Crippen LogP contribution is 2.36. The second-order valence-electron chi connectivity index (χ2n) is 6.94. The summed E-state index contributed by atoms with van der Waals surface area (Å²) in [5, 5.41) is 3.04. The van der Waals surface area contributed by atoms with E-state index < -0.39 is 0 Å². The molecule has 28 heavy (non-hydrogen) atoms. The molecule has 4 rings (SSSR count). The van der Waals surface area contributed by atoms with Gasteiger partial charge in [-0.2, -0.15) is 0 Å². The van der Waals surface area contributed by atoms with Crippen molar-refractivity contribution in [1.29, 1.82) is 0 Å². The number of carbonyl (C=O) groups is 1. The van der Waals surface area contributed by atoms with Crippen LogP contribution in [0.15, 0.2) is 79.1 Å². The Morgan fingerprint density at radius 1 is 1.07 bits per heavy atom. The van der Waals surface area contributed by atoms with Gasteiger partial charge in [0.1, 0.15) is 5.75 Å². The summed E-state index contributed by atoms with van der Waals surface area (Å²) in [6, 6.07) is 21.0. The number of urea groups is 1. The molecule has 5 heteroatoms. The highest BCUT2D eigenvalue weighted by atomic mass is 16.5. The lowest BCUT2D eigenvalue weighted by atomic mass is 10.1. The third-order valence-corrected chi connectivity index (χ3v) is 4.86. The van der Waals surface area contributed by atoms with Gasteiger partial charge in [0.15, 0.2) is 5.75 Å². The predicted molar refractivity (Wildman–Crippen MR) is 109 cm³/mol. The lowest BCUT2D eigenvalue weighted by Crippen LogP contribution is -2.38. The summed E-state index contributed by atoms with van der Waals surface area (Å²) >= 11 is 0. The number of hydrogen-bond acceptors (Lipinski definition) is 3. The first-order valence-corrected chi connectivity index (χ1v) is 9.53. The Labute approximate surface area is 165 Å². The van der Waals surface area contributed by atoms with Crippen LogP contribution in [0.3, 0.4) is 0 Å². The van der Waals surface area contributed by atoms with E-state index in [9.17, 15) is 4.79 Å². The molecule has 1 unspecified atom stereocenters. The molecule has 142 valence electrons. The van der Waals surface area contributed by atoms with E-state index in [4.69, 9.17) is 4.74 Å². The number of amides is 2. The Morgan fingerprint density at radius 2 is 1.82 bits per heavy atom. The number of anilines is 1. The molecular formula is C23H23N3O2. The molecule has 0 spiro atoms. The molecule has 0 aliphatic heterocycles. The molecule has 2 aromatic carbocycles. The maximum atomic E-state index is 13.2. The Balaban J connectivity index is 1.54. The Kier molecular flexibility index (Phi) is 5.24. The molecule has 1 heterocycles. The molecule has 0 saturated heterocycles. The molecule has 1 aromatic heterocycles. The lowest BCUT2D eigenvalue weighted by Gasteiger charge is -2.30. The van der Waals surface area contributed by atoms with Crippen molar-refractivity contribution in [2.45, 2.75) is 31.8 Å². The molecule has 1 aliphatic carbocycles. The Bertz CT molecular complexity index is 927. The van der Waals surface area contributed by atoms with Crippen LogP contribution in [0.1, 0.15) is 31.4 Å². The molecule has 3 aromatic rings. The minimum Gasteiger partial charge on any atom is -0.455 e. The Hall–Kier alpha value is -3.34. The molecule has 1 N–H and O–H groups in total. The SMILES string of the molecule is CC(c1cccnc1)N(C(=O)Nc1ccccc1Oc1ccccc1)C1CC1. The summed E-state index contributed by atoms with van der Waals surface area (Å²) in [6.07, 6.45) is 5.62. The van der Waals surface area contributed by atoms with Gasteiger partial charge in [-0.15, -0.1) is 0 Å². The third kappa shape index (κ3) is 4.14. The van der Waals surface area contributed by atoms with Crippen molar-refractivity contribution in [3.63, 3.8) is 0 Å². The number of nitrogens with zero attached hydrogens (tertiary/aromatic N) is 2. The van der Waals surface area contributed by atoms with Crippen LogP contribution in [-0.2, 0) is 0 Å². The summed E-state index contributed by atoms with van der Waals surface area (Å²) in [7, 11) is 0. The van der Waals surface area contributed by atoms with E-state index in [-0.39, 0.29) is 18.1 Å². The van der Waals surface area contributed by atoms with Gasteiger partial charge in [-0.25, -0.2) is 4.79 Å². The topological polar surface area (TPSA) is 54.5 Å². The van der Waals surface area contributed by atoms with E-state index in [0.29, 0.717) is 11.4 Å². The van der Waals surface area contributed by atoms with Gasteiger partial charge in [0.2, 0.25) is 0 Å². The van der Waals surface area contributed by atoms with Crippen LogP contribution in [0.25, 0.3) is 0 Å². The molecule has 5 nitrogen and oxygen atoms in total. The van der Waals surface area contributed by atoms with Crippen molar-refractivity contribution in [3.05, 3.63) is 84.7 Å². The van der Waals surface area contributed by atoms with Crippen molar-refractivity contribution < 1.29 is 9.53 Å². The van der Waals surface area contributed by atoms with Gasteiger partial charge in [0.05, 0.1) is 11.7 Å². The van der Waals surface area contributed by atoms with Gasteiger partial charge in [-0.3, -0.25) is 4.98 Å². The van der Waals surface area contributed by atoms with E-state index in [2.05, 4.69) is 10.3 Å². The zero-order valence-electron chi connectivity index (χ0n) is 15.8. The zero-order chi connectivity index (χ0) is 19.3. The monoisotopic (exact) mass is 373 g/mol. The molecule has 1 aliphatic rings. The van der Waals surface area contributed by atoms with Crippen molar-refractivity contribution in [2.24, 2.45) is 0 Å². The smallest absolute Gasteiger partial charge is 0.322 e. The number of ether oxygens (including phenoxy) is 1. The van der Waals surface area contributed by atoms with Crippen LogP contribution >= 0.6 is 0 Å². The molecule has 1 atom stereocenters.